The molecule has 1 fully saturated rings. The number of piperidine rings is 1. The first-order valence-corrected chi connectivity index (χ1v) is 6.55. The minimum absolute atomic E-state index is 0.770. The van der Waals surface area contributed by atoms with Crippen molar-refractivity contribution >= 4 is 0 Å². The Morgan fingerprint density at radius 2 is 1.76 bits per heavy atom. The van der Waals surface area contributed by atoms with Crippen LogP contribution in [0.1, 0.15) is 37.8 Å². The molecule has 1 aliphatic heterocycles. The summed E-state index contributed by atoms with van der Waals surface area (Å²) in [7, 11) is 0. The van der Waals surface area contributed by atoms with Crippen molar-refractivity contribution in [2.45, 2.75) is 38.8 Å². The topological polar surface area (TPSA) is 12.0 Å². The number of hydrogen-bond acceptors (Lipinski definition) is 1. The summed E-state index contributed by atoms with van der Waals surface area (Å²) in [6.45, 7) is 5.49. The molecule has 0 atom stereocenters. The van der Waals surface area contributed by atoms with E-state index < -0.39 is 5.67 Å². The van der Waals surface area contributed by atoms with Crippen LogP contribution >= 0.6 is 0 Å². The first-order chi connectivity index (χ1) is 8.05. The third-order valence-electron chi connectivity index (χ3n) is 3.62. The SMILES string of the molecule is CC(C)(F)c1ccc(CC2CCNCC2)cc1. The van der Waals surface area contributed by atoms with Crippen LogP contribution in [0, 0.1) is 5.92 Å². The highest BCUT2D eigenvalue weighted by Crippen LogP contribution is 2.25. The predicted octanol–water partition coefficient (Wildman–Crippen LogP) is 3.43. The second kappa shape index (κ2) is 5.18. The number of hydrogen-bond donors (Lipinski definition) is 1. The predicted molar refractivity (Wildman–Crippen MR) is 69.9 cm³/mol. The van der Waals surface area contributed by atoms with Crippen LogP contribution in [-0.2, 0) is 12.1 Å². The summed E-state index contributed by atoms with van der Waals surface area (Å²) in [5.74, 6) is 0.792. The summed E-state index contributed by atoms with van der Waals surface area (Å²) in [5, 5.41) is 3.38. The second-order valence-corrected chi connectivity index (χ2v) is 5.57. The highest BCUT2D eigenvalue weighted by molar-refractivity contribution is 5.26. The van der Waals surface area contributed by atoms with Gasteiger partial charge in [-0.05, 0) is 63.2 Å². The molecule has 1 aromatic carbocycles. The summed E-state index contributed by atoms with van der Waals surface area (Å²) in [6, 6.07) is 8.02. The lowest BCUT2D eigenvalue weighted by Gasteiger charge is -2.23. The number of halogens is 1. The maximum atomic E-state index is 13.7. The van der Waals surface area contributed by atoms with Crippen molar-refractivity contribution in [3.05, 3.63) is 35.4 Å². The van der Waals surface area contributed by atoms with Gasteiger partial charge < -0.3 is 5.32 Å². The molecule has 2 heteroatoms. The van der Waals surface area contributed by atoms with Gasteiger partial charge in [0.1, 0.15) is 5.67 Å². The van der Waals surface area contributed by atoms with E-state index in [0.717, 1.165) is 31.0 Å². The Morgan fingerprint density at radius 3 is 2.29 bits per heavy atom. The van der Waals surface area contributed by atoms with E-state index in [1.807, 2.05) is 12.1 Å². The fourth-order valence-electron chi connectivity index (χ4n) is 2.46. The van der Waals surface area contributed by atoms with Gasteiger partial charge in [0.2, 0.25) is 0 Å². The molecule has 1 aliphatic rings. The lowest BCUT2D eigenvalue weighted by molar-refractivity contribution is 0.221. The van der Waals surface area contributed by atoms with E-state index in [2.05, 4.69) is 17.4 Å². The maximum absolute atomic E-state index is 13.7. The third-order valence-corrected chi connectivity index (χ3v) is 3.62. The van der Waals surface area contributed by atoms with Crippen molar-refractivity contribution in [1.82, 2.24) is 5.32 Å². The minimum Gasteiger partial charge on any atom is -0.317 e. The second-order valence-electron chi connectivity index (χ2n) is 5.57. The number of alkyl halides is 1. The molecule has 2 rings (SSSR count). The molecule has 1 saturated heterocycles. The van der Waals surface area contributed by atoms with E-state index >= 15 is 0 Å². The molecular formula is C15H22FN. The van der Waals surface area contributed by atoms with E-state index in [1.165, 1.54) is 18.4 Å². The van der Waals surface area contributed by atoms with E-state index in [9.17, 15) is 4.39 Å². The summed E-state index contributed by atoms with van der Waals surface area (Å²) in [4.78, 5) is 0. The first-order valence-electron chi connectivity index (χ1n) is 6.55. The van der Waals surface area contributed by atoms with Gasteiger partial charge >= 0.3 is 0 Å². The smallest absolute Gasteiger partial charge is 0.130 e. The van der Waals surface area contributed by atoms with Crippen LogP contribution in [0.15, 0.2) is 24.3 Å². The molecule has 0 amide bonds. The molecule has 0 spiro atoms. The van der Waals surface area contributed by atoms with Crippen LogP contribution in [0.3, 0.4) is 0 Å². The molecule has 94 valence electrons. The summed E-state index contributed by atoms with van der Waals surface area (Å²) in [6.07, 6.45) is 3.65. The van der Waals surface area contributed by atoms with Gasteiger partial charge in [0, 0.05) is 0 Å². The van der Waals surface area contributed by atoms with Crippen LogP contribution in [-0.4, -0.2) is 13.1 Å². The van der Waals surface area contributed by atoms with Gasteiger partial charge in [-0.2, -0.15) is 0 Å². The number of benzene rings is 1. The fraction of sp³-hybridized carbons (Fsp3) is 0.600. The standard InChI is InChI=1S/C15H22FN/c1-15(2,16)14-5-3-12(4-6-14)11-13-7-9-17-10-8-13/h3-6,13,17H,7-11H2,1-2H3. The molecule has 0 unspecified atom stereocenters. The Morgan fingerprint density at radius 1 is 1.18 bits per heavy atom. The van der Waals surface area contributed by atoms with Crippen molar-refractivity contribution < 1.29 is 4.39 Å². The highest BCUT2D eigenvalue weighted by Gasteiger charge is 2.18. The Hall–Kier alpha value is -0.890. The van der Waals surface area contributed by atoms with Crippen LogP contribution in [0.4, 0.5) is 4.39 Å². The summed E-state index contributed by atoms with van der Waals surface area (Å²) >= 11 is 0. The van der Waals surface area contributed by atoms with E-state index in [4.69, 9.17) is 0 Å². The minimum atomic E-state index is -1.23. The van der Waals surface area contributed by atoms with Gasteiger partial charge in [0.05, 0.1) is 0 Å². The van der Waals surface area contributed by atoms with Crippen LogP contribution in [0.5, 0.6) is 0 Å². The van der Waals surface area contributed by atoms with Crippen molar-refractivity contribution in [3.8, 4) is 0 Å². The first kappa shape index (κ1) is 12.6. The number of rotatable bonds is 3. The Balaban J connectivity index is 1.98. The Kier molecular flexibility index (Phi) is 3.82. The quantitative estimate of drug-likeness (QED) is 0.846. The normalized spacial score (nSPS) is 18.3. The van der Waals surface area contributed by atoms with Crippen LogP contribution in [0.25, 0.3) is 0 Å². The molecule has 0 bridgehead atoms. The van der Waals surface area contributed by atoms with Gasteiger partial charge in [-0.25, -0.2) is 4.39 Å². The molecular weight excluding hydrogens is 213 g/mol. The molecule has 17 heavy (non-hydrogen) atoms. The largest absolute Gasteiger partial charge is 0.317 e. The molecule has 0 aromatic heterocycles. The fourth-order valence-corrected chi connectivity index (χ4v) is 2.46. The van der Waals surface area contributed by atoms with Gasteiger partial charge in [0.15, 0.2) is 0 Å². The van der Waals surface area contributed by atoms with Crippen molar-refractivity contribution in [2.24, 2.45) is 5.92 Å². The van der Waals surface area contributed by atoms with Crippen molar-refractivity contribution in [2.75, 3.05) is 13.1 Å². The molecule has 1 heterocycles. The summed E-state index contributed by atoms with van der Waals surface area (Å²) in [5.41, 5.74) is 0.879. The van der Waals surface area contributed by atoms with Gasteiger partial charge in [-0.1, -0.05) is 24.3 Å². The summed E-state index contributed by atoms with van der Waals surface area (Å²) < 4.78 is 13.7. The lowest BCUT2D eigenvalue weighted by Crippen LogP contribution is -2.28. The monoisotopic (exact) mass is 235 g/mol. The van der Waals surface area contributed by atoms with E-state index in [-0.39, 0.29) is 0 Å². The van der Waals surface area contributed by atoms with Crippen LogP contribution < -0.4 is 5.32 Å². The molecule has 0 aliphatic carbocycles. The third kappa shape index (κ3) is 3.53. The lowest BCUT2D eigenvalue weighted by atomic mass is 9.90. The van der Waals surface area contributed by atoms with Gasteiger partial charge in [-0.15, -0.1) is 0 Å². The van der Waals surface area contributed by atoms with E-state index in [0.29, 0.717) is 0 Å². The average Bonchev–Trinajstić information content (AvgIpc) is 2.30. The van der Waals surface area contributed by atoms with Crippen molar-refractivity contribution in [3.63, 3.8) is 0 Å². The van der Waals surface area contributed by atoms with Gasteiger partial charge in [0.25, 0.3) is 0 Å². The Labute approximate surface area is 103 Å². The molecule has 0 saturated carbocycles. The molecule has 1 aromatic rings. The highest BCUT2D eigenvalue weighted by atomic mass is 19.1. The Bertz CT molecular complexity index is 344. The molecule has 0 radical (unpaired) electrons. The molecule has 1 nitrogen and oxygen atoms in total. The average molecular weight is 235 g/mol. The zero-order chi connectivity index (χ0) is 12.3. The number of nitrogens with one attached hydrogen (secondary N) is 1. The zero-order valence-corrected chi connectivity index (χ0v) is 10.8. The molecule has 1 N–H and O–H groups in total. The maximum Gasteiger partial charge on any atom is 0.130 e. The van der Waals surface area contributed by atoms with E-state index in [1.54, 1.807) is 13.8 Å². The zero-order valence-electron chi connectivity index (χ0n) is 10.8. The van der Waals surface area contributed by atoms with Crippen molar-refractivity contribution in [1.29, 1.82) is 0 Å². The van der Waals surface area contributed by atoms with Gasteiger partial charge in [-0.3, -0.25) is 0 Å². The van der Waals surface area contributed by atoms with Crippen LogP contribution in [0.2, 0.25) is 0 Å².